The molecule has 2 aromatic carbocycles. The maximum atomic E-state index is 13.8. The summed E-state index contributed by atoms with van der Waals surface area (Å²) in [5.74, 6) is -1.44. The van der Waals surface area contributed by atoms with Gasteiger partial charge in [0.15, 0.2) is 5.65 Å². The molecule has 0 bridgehead atoms. The molecule has 10 nitrogen and oxygen atoms in total. The van der Waals surface area contributed by atoms with E-state index in [0.717, 1.165) is 28.0 Å². The number of sulfonamides is 1. The molecule has 0 spiro atoms. The molecule has 2 aromatic heterocycles. The summed E-state index contributed by atoms with van der Waals surface area (Å²) in [6.45, 7) is 6.07. The number of aromatic nitrogens is 3. The largest absolute Gasteiger partial charge is 0.339 e. The molecule has 2 N–H and O–H groups in total. The van der Waals surface area contributed by atoms with Crippen molar-refractivity contribution in [1.29, 1.82) is 0 Å². The number of anilines is 2. The van der Waals surface area contributed by atoms with Crippen molar-refractivity contribution >= 4 is 44.6 Å². The minimum absolute atomic E-state index is 0.0464. The molecule has 0 saturated heterocycles. The molecule has 0 aliphatic carbocycles. The van der Waals surface area contributed by atoms with Gasteiger partial charge in [0.25, 0.3) is 11.8 Å². The van der Waals surface area contributed by atoms with Crippen LogP contribution in [0.1, 0.15) is 50.8 Å². The number of hydrogen-bond donors (Lipinski definition) is 2. The van der Waals surface area contributed by atoms with Crippen molar-refractivity contribution in [1.82, 2.24) is 24.2 Å². The first-order chi connectivity index (χ1) is 19.6. The third-order valence-corrected chi connectivity index (χ3v) is 8.24. The summed E-state index contributed by atoms with van der Waals surface area (Å²) >= 11 is 0. The third kappa shape index (κ3) is 5.82. The number of rotatable bonds is 7. The Kier molecular flexibility index (Phi) is 7.59. The van der Waals surface area contributed by atoms with Crippen LogP contribution in [-0.2, 0) is 10.0 Å². The highest BCUT2D eigenvalue weighted by atomic mass is 32.2. The summed E-state index contributed by atoms with van der Waals surface area (Å²) in [4.78, 5) is 32.6. The van der Waals surface area contributed by atoms with E-state index >= 15 is 0 Å². The Morgan fingerprint density at radius 1 is 1.05 bits per heavy atom. The number of fused-ring (bicyclic) bond motifs is 1. The number of carbonyl (C=O) groups is 2. The second kappa shape index (κ2) is 11.1. The van der Waals surface area contributed by atoms with Crippen molar-refractivity contribution in [3.8, 4) is 0 Å². The van der Waals surface area contributed by atoms with Crippen LogP contribution < -0.4 is 10.0 Å². The number of amides is 2. The lowest BCUT2D eigenvalue weighted by atomic mass is 9.99. The molecule has 212 valence electrons. The highest BCUT2D eigenvalue weighted by Crippen LogP contribution is 2.29. The fourth-order valence-corrected chi connectivity index (χ4v) is 5.12. The molecule has 5 rings (SSSR count). The smallest absolute Gasteiger partial charge is 0.270 e. The summed E-state index contributed by atoms with van der Waals surface area (Å²) in [6.07, 6.45) is 5.13. The van der Waals surface area contributed by atoms with E-state index in [9.17, 15) is 22.4 Å². The van der Waals surface area contributed by atoms with Crippen LogP contribution in [0.5, 0.6) is 0 Å². The lowest BCUT2D eigenvalue weighted by molar-refractivity contribution is 0.0772. The standard InChI is InChI=1S/C29H29FN6O4S/c1-4-41(39,40)34-28(37)23-17-32-36-26(23)31-16-24(27(36)33-25-15-18(2)5-6-19(25)3)29(38)35-13-11-21(12-14-35)20-7-9-22(30)10-8-20/h5-11,15-17,33H,4,12-14H2,1-3H3,(H,34,37). The van der Waals surface area contributed by atoms with Crippen LogP contribution >= 0.6 is 0 Å². The molecule has 0 unspecified atom stereocenters. The van der Waals surface area contributed by atoms with Crippen LogP contribution in [0.15, 0.2) is 60.9 Å². The van der Waals surface area contributed by atoms with Crippen LogP contribution in [0.2, 0.25) is 0 Å². The zero-order chi connectivity index (χ0) is 29.3. The van der Waals surface area contributed by atoms with Gasteiger partial charge in [0.1, 0.15) is 22.8 Å². The average molecular weight is 577 g/mol. The maximum absolute atomic E-state index is 13.8. The molecule has 1 aliphatic heterocycles. The summed E-state index contributed by atoms with van der Waals surface area (Å²) in [5.41, 5.74) is 4.86. The summed E-state index contributed by atoms with van der Waals surface area (Å²) < 4.78 is 40.7. The fourth-order valence-electron chi connectivity index (χ4n) is 4.58. The molecule has 4 aromatic rings. The first kappa shape index (κ1) is 28.0. The number of carbonyl (C=O) groups excluding carboxylic acids is 2. The average Bonchev–Trinajstić information content (AvgIpc) is 3.40. The molecular weight excluding hydrogens is 547 g/mol. The van der Waals surface area contributed by atoms with Gasteiger partial charge in [-0.25, -0.2) is 22.5 Å². The molecule has 1 aliphatic rings. The van der Waals surface area contributed by atoms with Gasteiger partial charge in [0, 0.05) is 25.0 Å². The van der Waals surface area contributed by atoms with Crippen LogP contribution in [0.25, 0.3) is 11.2 Å². The molecule has 12 heteroatoms. The van der Waals surface area contributed by atoms with Crippen LogP contribution in [0, 0.1) is 19.7 Å². The quantitative estimate of drug-likeness (QED) is 0.337. The Morgan fingerprint density at radius 2 is 1.80 bits per heavy atom. The van der Waals surface area contributed by atoms with E-state index in [-0.39, 0.29) is 34.3 Å². The van der Waals surface area contributed by atoms with Gasteiger partial charge < -0.3 is 10.2 Å². The molecule has 0 fully saturated rings. The number of hydrogen-bond acceptors (Lipinski definition) is 7. The van der Waals surface area contributed by atoms with E-state index < -0.39 is 15.9 Å². The van der Waals surface area contributed by atoms with Crippen molar-refractivity contribution < 1.29 is 22.4 Å². The van der Waals surface area contributed by atoms with Crippen molar-refractivity contribution in [3.63, 3.8) is 0 Å². The minimum Gasteiger partial charge on any atom is -0.339 e. The Morgan fingerprint density at radius 3 is 2.49 bits per heavy atom. The van der Waals surface area contributed by atoms with E-state index in [4.69, 9.17) is 0 Å². The van der Waals surface area contributed by atoms with Crippen molar-refractivity contribution in [2.24, 2.45) is 0 Å². The summed E-state index contributed by atoms with van der Waals surface area (Å²) in [7, 11) is -3.81. The van der Waals surface area contributed by atoms with Gasteiger partial charge in [-0.05, 0) is 67.7 Å². The predicted molar refractivity (Wildman–Crippen MR) is 154 cm³/mol. The zero-order valence-corrected chi connectivity index (χ0v) is 23.6. The molecule has 0 atom stereocenters. The number of aryl methyl sites for hydroxylation is 2. The second-order valence-corrected chi connectivity index (χ2v) is 11.8. The molecule has 3 heterocycles. The first-order valence-corrected chi connectivity index (χ1v) is 14.7. The Bertz CT molecular complexity index is 1800. The number of benzene rings is 2. The molecule has 0 saturated carbocycles. The predicted octanol–water partition coefficient (Wildman–Crippen LogP) is 4.24. The summed E-state index contributed by atoms with van der Waals surface area (Å²) in [6, 6.07) is 12.1. The maximum Gasteiger partial charge on any atom is 0.270 e. The van der Waals surface area contributed by atoms with E-state index in [1.54, 1.807) is 17.0 Å². The third-order valence-electron chi connectivity index (χ3n) is 6.99. The van der Waals surface area contributed by atoms with Crippen molar-refractivity contribution in [2.75, 3.05) is 24.2 Å². The van der Waals surface area contributed by atoms with Gasteiger partial charge in [0.05, 0.1) is 11.9 Å². The Labute approximate surface area is 236 Å². The molecular formula is C29H29FN6O4S. The van der Waals surface area contributed by atoms with Crippen molar-refractivity contribution in [3.05, 3.63) is 94.6 Å². The van der Waals surface area contributed by atoms with Gasteiger partial charge in [-0.2, -0.15) is 9.61 Å². The zero-order valence-electron chi connectivity index (χ0n) is 22.8. The van der Waals surface area contributed by atoms with Gasteiger partial charge >= 0.3 is 0 Å². The summed E-state index contributed by atoms with van der Waals surface area (Å²) in [5, 5.41) is 7.62. The number of nitrogens with zero attached hydrogens (tertiary/aromatic N) is 4. The van der Waals surface area contributed by atoms with Gasteiger partial charge in [-0.1, -0.05) is 30.3 Å². The van der Waals surface area contributed by atoms with E-state index in [1.807, 2.05) is 42.8 Å². The van der Waals surface area contributed by atoms with Crippen molar-refractivity contribution in [2.45, 2.75) is 27.2 Å². The molecule has 0 radical (unpaired) electrons. The first-order valence-electron chi connectivity index (χ1n) is 13.1. The topological polar surface area (TPSA) is 126 Å². The van der Waals surface area contributed by atoms with Crippen LogP contribution in [0.4, 0.5) is 15.9 Å². The fraction of sp³-hybridized carbons (Fsp3) is 0.241. The van der Waals surface area contributed by atoms with Gasteiger partial charge in [0.2, 0.25) is 10.0 Å². The lowest BCUT2D eigenvalue weighted by Gasteiger charge is -2.27. The van der Waals surface area contributed by atoms with E-state index in [2.05, 4.69) is 15.4 Å². The molecule has 2 amide bonds. The van der Waals surface area contributed by atoms with Crippen LogP contribution in [-0.4, -0.2) is 58.6 Å². The van der Waals surface area contributed by atoms with Gasteiger partial charge in [-0.3, -0.25) is 9.59 Å². The van der Waals surface area contributed by atoms with E-state index in [0.29, 0.717) is 25.3 Å². The number of nitrogens with one attached hydrogen (secondary N) is 2. The lowest BCUT2D eigenvalue weighted by Crippen LogP contribution is -2.35. The van der Waals surface area contributed by atoms with E-state index in [1.165, 1.54) is 36.0 Å². The highest BCUT2D eigenvalue weighted by Gasteiger charge is 2.27. The Balaban J connectivity index is 1.53. The number of halogens is 1. The Hall–Kier alpha value is -4.58. The highest BCUT2D eigenvalue weighted by molar-refractivity contribution is 7.90. The van der Waals surface area contributed by atoms with Gasteiger partial charge in [-0.15, -0.1) is 0 Å². The normalized spacial score (nSPS) is 13.7. The second-order valence-electron chi connectivity index (χ2n) is 9.83. The monoisotopic (exact) mass is 576 g/mol. The minimum atomic E-state index is -3.81. The SMILES string of the molecule is CCS(=O)(=O)NC(=O)c1cnn2c(Nc3cc(C)ccc3C)c(C(=O)N3CC=C(c4ccc(F)cc4)CC3)cnc12. The van der Waals surface area contributed by atoms with Crippen LogP contribution in [0.3, 0.4) is 0 Å². The molecule has 41 heavy (non-hydrogen) atoms.